The van der Waals surface area contributed by atoms with Crippen molar-refractivity contribution >= 4 is 52.0 Å². The van der Waals surface area contributed by atoms with E-state index < -0.39 is 5.37 Å². The maximum absolute atomic E-state index is 13.3. The van der Waals surface area contributed by atoms with Crippen molar-refractivity contribution in [1.82, 2.24) is 25.4 Å². The highest BCUT2D eigenvalue weighted by Crippen LogP contribution is 2.43. The summed E-state index contributed by atoms with van der Waals surface area (Å²) in [7, 11) is 5.55. The van der Waals surface area contributed by atoms with Crippen molar-refractivity contribution in [2.75, 3.05) is 34.2 Å². The smallest absolute Gasteiger partial charge is 0.268 e. The maximum atomic E-state index is 13.3. The van der Waals surface area contributed by atoms with Gasteiger partial charge in [-0.05, 0) is 61.9 Å². The number of aromatic nitrogens is 1. The molecule has 0 saturated heterocycles. The van der Waals surface area contributed by atoms with Crippen LogP contribution in [0.2, 0.25) is 5.02 Å². The van der Waals surface area contributed by atoms with Crippen LogP contribution in [0, 0.1) is 5.92 Å². The highest BCUT2D eigenvalue weighted by atomic mass is 35.5. The summed E-state index contributed by atoms with van der Waals surface area (Å²) in [5.41, 5.74) is 2.27. The molecule has 37 heavy (non-hydrogen) atoms. The largest absolute Gasteiger partial charge is 0.668 e. The molecule has 1 aliphatic carbocycles. The number of benzene rings is 1. The highest BCUT2D eigenvalue weighted by Gasteiger charge is 2.37. The third-order valence-electron chi connectivity index (χ3n) is 7.33. The Morgan fingerprint density at radius 2 is 1.97 bits per heavy atom. The van der Waals surface area contributed by atoms with Crippen LogP contribution in [-0.2, 0) is 9.59 Å². The van der Waals surface area contributed by atoms with E-state index in [1.165, 1.54) is 11.8 Å². The molecule has 2 aliphatic heterocycles. The van der Waals surface area contributed by atoms with Gasteiger partial charge in [-0.1, -0.05) is 11.6 Å². The summed E-state index contributed by atoms with van der Waals surface area (Å²) >= 11 is 7.60. The average molecular weight is 544 g/mol. The normalized spacial score (nSPS) is 25.9. The van der Waals surface area contributed by atoms with Gasteiger partial charge in [0.2, 0.25) is 11.8 Å². The van der Waals surface area contributed by atoms with Gasteiger partial charge in [-0.15, -0.1) is 17.5 Å². The van der Waals surface area contributed by atoms with E-state index >= 15 is 0 Å². The number of likely N-dealkylation sites (N-methyl/N-ethyl adjacent to an activating group) is 1. The minimum Gasteiger partial charge on any atom is -0.668 e. The lowest BCUT2D eigenvalue weighted by Crippen LogP contribution is -2.57. The molecule has 3 aliphatic rings. The van der Waals surface area contributed by atoms with Crippen molar-refractivity contribution in [1.29, 1.82) is 0 Å². The molecule has 11 heteroatoms. The number of rotatable bonds is 5. The zero-order chi connectivity index (χ0) is 26.3. The highest BCUT2D eigenvalue weighted by molar-refractivity contribution is 8.04. The summed E-state index contributed by atoms with van der Waals surface area (Å²) in [6, 6.07) is 6.50. The average Bonchev–Trinajstić information content (AvgIpc) is 3.48. The van der Waals surface area contributed by atoms with Crippen LogP contribution < -0.4 is 10.6 Å². The van der Waals surface area contributed by atoms with E-state index in [-0.39, 0.29) is 35.7 Å². The number of fused-ring (bicyclic) bond motifs is 1. The Morgan fingerprint density at radius 3 is 2.76 bits per heavy atom. The van der Waals surface area contributed by atoms with Gasteiger partial charge in [-0.3, -0.25) is 14.4 Å². The number of H-pyrrole nitrogens is 1. The monoisotopic (exact) mass is 543 g/mol. The van der Waals surface area contributed by atoms with Gasteiger partial charge < -0.3 is 30.7 Å². The molecule has 1 fully saturated rings. The minimum absolute atomic E-state index is 0.0385. The van der Waals surface area contributed by atoms with Crippen molar-refractivity contribution in [2.24, 2.45) is 5.92 Å². The molecule has 1 aromatic carbocycles. The zero-order valence-electron chi connectivity index (χ0n) is 21.2. The van der Waals surface area contributed by atoms with Gasteiger partial charge in [0, 0.05) is 66.5 Å². The van der Waals surface area contributed by atoms with Crippen LogP contribution in [0.1, 0.15) is 36.2 Å². The Morgan fingerprint density at radius 1 is 1.16 bits per heavy atom. The number of nitrogens with one attached hydrogen (secondary N) is 3. The lowest BCUT2D eigenvalue weighted by molar-refractivity contribution is -0.135. The number of hydrogen-bond acceptors (Lipinski definition) is 5. The first kappa shape index (κ1) is 25.9. The Kier molecular flexibility index (Phi) is 7.42. The van der Waals surface area contributed by atoms with Gasteiger partial charge >= 0.3 is 0 Å². The Labute approximate surface area is 225 Å². The fourth-order valence-electron chi connectivity index (χ4n) is 5.33. The van der Waals surface area contributed by atoms with Gasteiger partial charge in [-0.25, -0.2) is 0 Å². The van der Waals surface area contributed by atoms with Crippen molar-refractivity contribution in [3.05, 3.63) is 50.9 Å². The molecule has 9 nitrogen and oxygen atoms in total. The fraction of sp³-hybridized carbons (Fsp3) is 0.500. The van der Waals surface area contributed by atoms with Gasteiger partial charge in [0.05, 0.1) is 0 Å². The molecule has 1 saturated carbocycles. The number of nitrogens with zero attached hydrogens (tertiary/aromatic N) is 3. The van der Waals surface area contributed by atoms with Crippen LogP contribution in [0.3, 0.4) is 0 Å². The van der Waals surface area contributed by atoms with Gasteiger partial charge in [0.1, 0.15) is 5.69 Å². The van der Waals surface area contributed by atoms with E-state index in [0.717, 1.165) is 41.0 Å². The third kappa shape index (κ3) is 5.61. The van der Waals surface area contributed by atoms with E-state index in [0.29, 0.717) is 30.0 Å². The fourth-order valence-corrected chi connectivity index (χ4v) is 6.72. The van der Waals surface area contributed by atoms with E-state index in [1.54, 1.807) is 37.2 Å². The molecule has 3 amide bonds. The Bertz CT molecular complexity index is 1260. The lowest BCUT2D eigenvalue weighted by Gasteiger charge is -2.38. The second-order valence-electron chi connectivity index (χ2n) is 10.3. The molecule has 3 N–H and O–H groups in total. The SMILES string of the molecule is CN1CCC2=C(C1)SC(C(=O)N[C@@H]1C[C@@H](C(=O)N(C)C)CC[C@@H]1NC(=O)c1cc3cc(Cl)ccc3[nH]1)[N-]2. The number of thioether (sulfide) groups is 1. The standard InChI is InChI=1S/C26H32ClN6O3S/c1-32(2)26(36)14-4-6-18(29-23(34)21-12-15-10-16(27)5-7-17(15)28-21)20(11-14)30-24(35)25-31-19-8-9-33(3)13-22(19)37-25/h5,7,10,12,14,18,20,25H,4,6,8-9,11,13H2,1-3H3,(H,30,35)(H2,28,29,34)/q-1/t14-,18-,20+,25?/m0/s1. The summed E-state index contributed by atoms with van der Waals surface area (Å²) in [5.74, 6) is -0.605. The molecule has 3 heterocycles. The molecule has 198 valence electrons. The Balaban J connectivity index is 1.29. The van der Waals surface area contributed by atoms with Crippen LogP contribution in [0.15, 0.2) is 34.9 Å². The zero-order valence-corrected chi connectivity index (χ0v) is 22.8. The summed E-state index contributed by atoms with van der Waals surface area (Å²) < 4.78 is 0. The molecule has 1 aromatic heterocycles. The molecule has 5 rings (SSSR count). The number of carbonyl (C=O) groups is 3. The first-order valence-electron chi connectivity index (χ1n) is 12.6. The molecule has 0 radical (unpaired) electrons. The van der Waals surface area contributed by atoms with Crippen molar-refractivity contribution in [3.8, 4) is 0 Å². The molecule has 2 aromatic rings. The maximum Gasteiger partial charge on any atom is 0.268 e. The predicted octanol–water partition coefficient (Wildman–Crippen LogP) is 3.29. The second-order valence-corrected chi connectivity index (χ2v) is 11.9. The number of halogens is 1. The minimum atomic E-state index is -0.531. The molecule has 1 unspecified atom stereocenters. The van der Waals surface area contributed by atoms with Crippen molar-refractivity contribution in [2.45, 2.75) is 43.1 Å². The molecule has 0 bridgehead atoms. The van der Waals surface area contributed by atoms with Gasteiger partial charge in [0.25, 0.3) is 5.91 Å². The van der Waals surface area contributed by atoms with Gasteiger partial charge in [-0.2, -0.15) is 0 Å². The molecular formula is C26H32ClN6O3S-. The Hall–Kier alpha value is -2.69. The first-order chi connectivity index (χ1) is 17.7. The van der Waals surface area contributed by atoms with Crippen LogP contribution in [0.4, 0.5) is 0 Å². The van der Waals surface area contributed by atoms with Crippen LogP contribution >= 0.6 is 23.4 Å². The number of carbonyl (C=O) groups excluding carboxylic acids is 3. The topological polar surface area (TPSA) is 112 Å². The lowest BCUT2D eigenvalue weighted by atomic mass is 9.81. The first-order valence-corrected chi connectivity index (χ1v) is 13.8. The van der Waals surface area contributed by atoms with Crippen LogP contribution in [-0.4, -0.2) is 84.2 Å². The summed E-state index contributed by atoms with van der Waals surface area (Å²) in [5, 5.41) is 11.8. The second kappa shape index (κ2) is 10.6. The summed E-state index contributed by atoms with van der Waals surface area (Å²) in [4.78, 5) is 47.3. The molecular weight excluding hydrogens is 512 g/mol. The van der Waals surface area contributed by atoms with Gasteiger partial charge in [0.15, 0.2) is 0 Å². The quantitative estimate of drug-likeness (QED) is 0.536. The summed E-state index contributed by atoms with van der Waals surface area (Å²) in [6.45, 7) is 1.74. The predicted molar refractivity (Wildman–Crippen MR) is 146 cm³/mol. The third-order valence-corrected chi connectivity index (χ3v) is 8.76. The van der Waals surface area contributed by atoms with Crippen LogP contribution in [0.5, 0.6) is 0 Å². The van der Waals surface area contributed by atoms with Crippen LogP contribution in [0.25, 0.3) is 16.2 Å². The molecule has 0 spiro atoms. The van der Waals surface area contributed by atoms with Crippen molar-refractivity contribution < 1.29 is 14.4 Å². The number of hydrogen-bond donors (Lipinski definition) is 3. The number of aromatic amines is 1. The van der Waals surface area contributed by atoms with E-state index in [1.807, 2.05) is 6.07 Å². The van der Waals surface area contributed by atoms with E-state index in [2.05, 4.69) is 32.9 Å². The van der Waals surface area contributed by atoms with Crippen molar-refractivity contribution in [3.63, 3.8) is 0 Å². The van der Waals surface area contributed by atoms with E-state index in [4.69, 9.17) is 11.6 Å². The summed E-state index contributed by atoms with van der Waals surface area (Å²) in [6.07, 6.45) is 2.53. The van der Waals surface area contributed by atoms with E-state index in [9.17, 15) is 14.4 Å². The molecule has 4 atom stereocenters. The number of amides is 3.